The lowest BCUT2D eigenvalue weighted by molar-refractivity contribution is 0.0953. The second-order valence-electron chi connectivity index (χ2n) is 6.20. The minimum absolute atomic E-state index is 0.0839. The summed E-state index contributed by atoms with van der Waals surface area (Å²) in [7, 11) is 1.59. The van der Waals surface area contributed by atoms with Crippen molar-refractivity contribution in [2.75, 3.05) is 13.7 Å². The molecule has 2 aromatic carbocycles. The minimum Gasteiger partial charge on any atom is -0.493 e. The monoisotopic (exact) mass is 377 g/mol. The average molecular weight is 377 g/mol. The molecule has 28 heavy (non-hydrogen) atoms. The Labute approximate surface area is 164 Å². The van der Waals surface area contributed by atoms with Gasteiger partial charge in [-0.2, -0.15) is 0 Å². The molecule has 1 amide bonds. The number of aromatic nitrogens is 2. The molecule has 0 aliphatic carbocycles. The zero-order valence-electron chi connectivity index (χ0n) is 16.0. The minimum atomic E-state index is -0.0839. The smallest absolute Gasteiger partial charge is 0.251 e. The molecule has 0 spiro atoms. The van der Waals surface area contributed by atoms with E-state index < -0.39 is 0 Å². The molecule has 0 aliphatic rings. The van der Waals surface area contributed by atoms with Gasteiger partial charge in [0.15, 0.2) is 11.5 Å². The number of ether oxygens (including phenoxy) is 2. The first kappa shape index (κ1) is 19.4. The van der Waals surface area contributed by atoms with Crippen LogP contribution in [0.3, 0.4) is 0 Å². The number of para-hydroxylation sites is 2. The van der Waals surface area contributed by atoms with Crippen molar-refractivity contribution in [3.63, 3.8) is 0 Å². The normalized spacial score (nSPS) is 10.4. The first-order valence-electron chi connectivity index (χ1n) is 9.24. The van der Waals surface area contributed by atoms with E-state index in [1.807, 2.05) is 42.5 Å². The van der Waals surface area contributed by atoms with E-state index in [-0.39, 0.29) is 5.91 Å². The summed E-state index contributed by atoms with van der Waals surface area (Å²) in [5.41, 5.74) is 2.08. The summed E-state index contributed by atoms with van der Waals surface area (Å²) in [5, 5.41) is 11.3. The van der Waals surface area contributed by atoms with Crippen LogP contribution in [0.1, 0.15) is 30.1 Å². The summed E-state index contributed by atoms with van der Waals surface area (Å²) in [4.78, 5) is 12.2. The molecule has 0 radical (unpaired) electrons. The molecular weight excluding hydrogens is 354 g/mol. The first-order valence-corrected chi connectivity index (χ1v) is 9.24. The number of nitrogens with zero attached hydrogens (tertiary/aromatic N) is 2. The molecule has 0 bridgehead atoms. The Kier molecular flexibility index (Phi) is 6.57. The number of unbranched alkanes of at least 4 members (excludes halogenated alkanes) is 1. The topological polar surface area (TPSA) is 73.3 Å². The highest BCUT2D eigenvalue weighted by Gasteiger charge is 2.09. The van der Waals surface area contributed by atoms with Crippen LogP contribution in [-0.4, -0.2) is 29.8 Å². The number of nitrogens with one attached hydrogen (secondary N) is 1. The van der Waals surface area contributed by atoms with Crippen molar-refractivity contribution in [2.24, 2.45) is 0 Å². The highest BCUT2D eigenvalue weighted by Crippen LogP contribution is 2.30. The number of benzene rings is 2. The molecule has 1 N–H and O–H groups in total. The van der Waals surface area contributed by atoms with E-state index in [9.17, 15) is 4.79 Å². The molecule has 0 atom stereocenters. The van der Waals surface area contributed by atoms with E-state index in [0.717, 1.165) is 18.4 Å². The first-order chi connectivity index (χ1) is 13.7. The lowest BCUT2D eigenvalue weighted by atomic mass is 10.1. The van der Waals surface area contributed by atoms with Crippen molar-refractivity contribution in [1.82, 2.24) is 15.5 Å². The molecular formula is C22H23N3O3. The standard InChI is InChI=1S/C22H23N3O3/c1-3-4-14-23-22(26)17-9-7-8-16(15-17)18-12-13-21(25-24-18)28-20-11-6-5-10-19(20)27-2/h5-13,15H,3-4,14H2,1-2H3,(H,23,26). The summed E-state index contributed by atoms with van der Waals surface area (Å²) < 4.78 is 11.0. The third-order valence-corrected chi connectivity index (χ3v) is 4.16. The van der Waals surface area contributed by atoms with Gasteiger partial charge in [0.05, 0.1) is 12.8 Å². The van der Waals surface area contributed by atoms with Gasteiger partial charge in [0, 0.05) is 23.7 Å². The summed E-state index contributed by atoms with van der Waals surface area (Å²) in [6.45, 7) is 2.76. The number of amides is 1. The van der Waals surface area contributed by atoms with Gasteiger partial charge in [0.2, 0.25) is 5.88 Å². The van der Waals surface area contributed by atoms with E-state index in [1.54, 1.807) is 25.3 Å². The average Bonchev–Trinajstić information content (AvgIpc) is 2.75. The van der Waals surface area contributed by atoms with Gasteiger partial charge in [-0.15, -0.1) is 10.2 Å². The predicted octanol–water partition coefficient (Wildman–Crippen LogP) is 4.47. The Bertz CT molecular complexity index is 926. The molecule has 0 fully saturated rings. The van der Waals surface area contributed by atoms with Gasteiger partial charge >= 0.3 is 0 Å². The Hall–Kier alpha value is -3.41. The van der Waals surface area contributed by atoms with Crippen LogP contribution in [-0.2, 0) is 0 Å². The van der Waals surface area contributed by atoms with Crippen LogP contribution in [0.4, 0.5) is 0 Å². The number of hydrogen-bond donors (Lipinski definition) is 1. The fourth-order valence-corrected chi connectivity index (χ4v) is 2.64. The number of carbonyl (C=O) groups excluding carboxylic acids is 1. The maximum absolute atomic E-state index is 12.2. The largest absolute Gasteiger partial charge is 0.493 e. The molecule has 0 unspecified atom stereocenters. The molecule has 3 aromatic rings. The van der Waals surface area contributed by atoms with Gasteiger partial charge in [-0.3, -0.25) is 4.79 Å². The molecule has 6 heteroatoms. The molecule has 144 valence electrons. The van der Waals surface area contributed by atoms with Crippen LogP contribution in [0.25, 0.3) is 11.3 Å². The molecule has 3 rings (SSSR count). The van der Waals surface area contributed by atoms with Crippen LogP contribution in [0.2, 0.25) is 0 Å². The maximum Gasteiger partial charge on any atom is 0.251 e. The Morgan fingerprint density at radius 2 is 1.82 bits per heavy atom. The van der Waals surface area contributed by atoms with E-state index in [4.69, 9.17) is 9.47 Å². The third-order valence-electron chi connectivity index (χ3n) is 4.16. The molecule has 6 nitrogen and oxygen atoms in total. The zero-order valence-corrected chi connectivity index (χ0v) is 16.0. The summed E-state index contributed by atoms with van der Waals surface area (Å²) in [6, 6.07) is 18.2. The SMILES string of the molecule is CCCCNC(=O)c1cccc(-c2ccc(Oc3ccccc3OC)nn2)c1. The summed E-state index contributed by atoms with van der Waals surface area (Å²) in [5.74, 6) is 1.47. The number of rotatable bonds is 8. The number of hydrogen-bond acceptors (Lipinski definition) is 5. The Morgan fingerprint density at radius 3 is 2.54 bits per heavy atom. The number of methoxy groups -OCH3 is 1. The van der Waals surface area contributed by atoms with E-state index in [1.165, 1.54) is 0 Å². The molecule has 0 saturated heterocycles. The van der Waals surface area contributed by atoms with Crippen LogP contribution < -0.4 is 14.8 Å². The van der Waals surface area contributed by atoms with E-state index >= 15 is 0 Å². The lowest BCUT2D eigenvalue weighted by Crippen LogP contribution is -2.24. The predicted molar refractivity (Wildman–Crippen MR) is 108 cm³/mol. The van der Waals surface area contributed by atoms with Crippen LogP contribution in [0, 0.1) is 0 Å². The summed E-state index contributed by atoms with van der Waals surface area (Å²) in [6.07, 6.45) is 2.00. The third kappa shape index (κ3) is 4.85. The van der Waals surface area contributed by atoms with Crippen molar-refractivity contribution < 1.29 is 14.3 Å². The maximum atomic E-state index is 12.2. The lowest BCUT2D eigenvalue weighted by Gasteiger charge is -2.09. The Balaban J connectivity index is 1.73. The van der Waals surface area contributed by atoms with Crippen molar-refractivity contribution in [3.8, 4) is 28.6 Å². The van der Waals surface area contributed by atoms with Gasteiger partial charge < -0.3 is 14.8 Å². The molecule has 0 saturated carbocycles. The molecule has 1 heterocycles. The van der Waals surface area contributed by atoms with Crippen LogP contribution in [0.5, 0.6) is 17.4 Å². The second kappa shape index (κ2) is 9.50. The Morgan fingerprint density at radius 1 is 1.00 bits per heavy atom. The van der Waals surface area contributed by atoms with Gasteiger partial charge in [0.25, 0.3) is 5.91 Å². The molecule has 0 aliphatic heterocycles. The summed E-state index contributed by atoms with van der Waals surface area (Å²) >= 11 is 0. The highest BCUT2D eigenvalue weighted by atomic mass is 16.5. The van der Waals surface area contributed by atoms with Crippen molar-refractivity contribution in [2.45, 2.75) is 19.8 Å². The van der Waals surface area contributed by atoms with Gasteiger partial charge in [-0.05, 0) is 36.8 Å². The van der Waals surface area contributed by atoms with Crippen LogP contribution >= 0.6 is 0 Å². The highest BCUT2D eigenvalue weighted by molar-refractivity contribution is 5.95. The zero-order chi connectivity index (χ0) is 19.8. The van der Waals surface area contributed by atoms with Gasteiger partial charge in [-0.25, -0.2) is 0 Å². The quantitative estimate of drug-likeness (QED) is 0.586. The van der Waals surface area contributed by atoms with Crippen molar-refractivity contribution >= 4 is 5.91 Å². The fraction of sp³-hybridized carbons (Fsp3) is 0.227. The van der Waals surface area contributed by atoms with E-state index in [2.05, 4.69) is 22.4 Å². The van der Waals surface area contributed by atoms with Crippen molar-refractivity contribution in [1.29, 1.82) is 0 Å². The van der Waals surface area contributed by atoms with E-state index in [0.29, 0.717) is 35.2 Å². The van der Waals surface area contributed by atoms with Gasteiger partial charge in [-0.1, -0.05) is 37.6 Å². The number of carbonyl (C=O) groups is 1. The molecule has 1 aromatic heterocycles. The van der Waals surface area contributed by atoms with Crippen molar-refractivity contribution in [3.05, 3.63) is 66.2 Å². The fourth-order valence-electron chi connectivity index (χ4n) is 2.64. The van der Waals surface area contributed by atoms with Gasteiger partial charge in [0.1, 0.15) is 0 Å². The second-order valence-corrected chi connectivity index (χ2v) is 6.20. The van der Waals surface area contributed by atoms with Crippen LogP contribution in [0.15, 0.2) is 60.7 Å².